The molecule has 0 saturated heterocycles. The first-order valence-electron chi connectivity index (χ1n) is 11.8. The fourth-order valence-electron chi connectivity index (χ4n) is 4.57. The molecule has 1 amide bonds. The van der Waals surface area contributed by atoms with Gasteiger partial charge >= 0.3 is 0 Å². The van der Waals surface area contributed by atoms with Crippen LogP contribution in [-0.2, 0) is 11.3 Å². The van der Waals surface area contributed by atoms with E-state index in [-0.39, 0.29) is 17.7 Å². The lowest BCUT2D eigenvalue weighted by Gasteiger charge is -2.10. The van der Waals surface area contributed by atoms with Crippen LogP contribution in [0.3, 0.4) is 0 Å². The van der Waals surface area contributed by atoms with Gasteiger partial charge in [0.2, 0.25) is 5.91 Å². The number of rotatable bonds is 7. The molecule has 6 heteroatoms. The molecule has 2 fully saturated rings. The molecule has 4 aromatic rings. The Kier molecular flexibility index (Phi) is 5.42. The summed E-state index contributed by atoms with van der Waals surface area (Å²) in [5.74, 6) is 1.44. The number of anilines is 2. The lowest BCUT2D eigenvalue weighted by molar-refractivity contribution is -0.117. The van der Waals surface area contributed by atoms with Crippen LogP contribution in [0.15, 0.2) is 73.1 Å². The quantitative estimate of drug-likeness (QED) is 0.324. The van der Waals surface area contributed by atoms with E-state index in [4.69, 9.17) is 11.6 Å². The Balaban J connectivity index is 1.09. The number of hydrogen-bond donors (Lipinski definition) is 2. The van der Waals surface area contributed by atoms with Crippen molar-refractivity contribution in [1.82, 2.24) is 9.97 Å². The predicted molar refractivity (Wildman–Crippen MR) is 136 cm³/mol. The highest BCUT2D eigenvalue weighted by Gasteiger charge is 2.44. The van der Waals surface area contributed by atoms with Gasteiger partial charge in [-0.1, -0.05) is 29.8 Å². The zero-order chi connectivity index (χ0) is 23.1. The van der Waals surface area contributed by atoms with E-state index in [1.165, 1.54) is 29.4 Å². The Hall–Kier alpha value is -3.44. The minimum Gasteiger partial charge on any atom is -0.381 e. The molecule has 2 N–H and O–H groups in total. The first-order chi connectivity index (χ1) is 16.6. The van der Waals surface area contributed by atoms with Crippen LogP contribution >= 0.6 is 11.6 Å². The minimum atomic E-state index is -0.0383. The topological polar surface area (TPSA) is 66.9 Å². The Bertz CT molecular complexity index is 1380. The smallest absolute Gasteiger partial charge is 0.229 e. The number of pyridine rings is 2. The summed E-state index contributed by atoms with van der Waals surface area (Å²) >= 11 is 6.09. The van der Waals surface area contributed by atoms with E-state index in [0.29, 0.717) is 23.3 Å². The second kappa shape index (κ2) is 8.73. The second-order valence-electron chi connectivity index (χ2n) is 9.35. The molecule has 0 spiro atoms. The summed E-state index contributed by atoms with van der Waals surface area (Å²) in [5, 5.41) is 8.31. The Morgan fingerprint density at radius 1 is 1.00 bits per heavy atom. The highest BCUT2D eigenvalue weighted by molar-refractivity contribution is 6.30. The average Bonchev–Trinajstić information content (AvgIpc) is 3.76. The second-order valence-corrected chi connectivity index (χ2v) is 9.78. The number of halogens is 1. The normalized spacial score (nSPS) is 19.1. The lowest BCUT2D eigenvalue weighted by Crippen LogP contribution is -2.15. The predicted octanol–water partition coefficient (Wildman–Crippen LogP) is 6.51. The summed E-state index contributed by atoms with van der Waals surface area (Å²) < 4.78 is 0. The summed E-state index contributed by atoms with van der Waals surface area (Å²) in [4.78, 5) is 21.7. The van der Waals surface area contributed by atoms with Gasteiger partial charge in [0.25, 0.3) is 0 Å². The van der Waals surface area contributed by atoms with E-state index in [1.54, 1.807) is 6.20 Å². The summed E-state index contributed by atoms with van der Waals surface area (Å²) in [6.07, 6.45) is 7.12. The maximum Gasteiger partial charge on any atom is 0.229 e. The molecule has 34 heavy (non-hydrogen) atoms. The van der Waals surface area contributed by atoms with Gasteiger partial charge in [-0.15, -0.1) is 0 Å². The van der Waals surface area contributed by atoms with Crippen molar-refractivity contribution in [2.45, 2.75) is 37.6 Å². The Labute approximate surface area is 203 Å². The molecule has 5 nitrogen and oxygen atoms in total. The van der Waals surface area contributed by atoms with E-state index in [1.807, 2.05) is 42.6 Å². The minimum absolute atomic E-state index is 0.00289. The van der Waals surface area contributed by atoms with Gasteiger partial charge in [-0.25, -0.2) is 4.98 Å². The fraction of sp³-hybridized carbons (Fsp3) is 0.250. The van der Waals surface area contributed by atoms with E-state index < -0.39 is 0 Å². The van der Waals surface area contributed by atoms with Crippen molar-refractivity contribution in [3.63, 3.8) is 0 Å². The molecule has 0 bridgehead atoms. The molecule has 0 aliphatic heterocycles. The van der Waals surface area contributed by atoms with Gasteiger partial charge in [0.15, 0.2) is 0 Å². The standard InChI is InChI=1S/C28H25ClN4O/c29-22-3-1-2-19(12-22)24-14-25(24)28(34)33-27-13-23(8-9-30-27)31-15-17-4-7-26-20(10-17)11-21(16-32-26)18-5-6-18/h1-4,7-13,16,18,24-25H,5-6,14-15H2,(H2,30,31,33,34). The number of carbonyl (C=O) groups is 1. The van der Waals surface area contributed by atoms with Crippen LogP contribution < -0.4 is 10.6 Å². The summed E-state index contributed by atoms with van der Waals surface area (Å²) in [6.45, 7) is 0.681. The van der Waals surface area contributed by atoms with Crippen molar-refractivity contribution in [3.05, 3.63) is 94.8 Å². The maximum absolute atomic E-state index is 12.7. The molecular weight excluding hydrogens is 444 g/mol. The summed E-state index contributed by atoms with van der Waals surface area (Å²) in [5.41, 5.74) is 5.59. The van der Waals surface area contributed by atoms with Crippen molar-refractivity contribution in [2.24, 2.45) is 5.92 Å². The molecule has 0 radical (unpaired) electrons. The van der Waals surface area contributed by atoms with Crippen molar-refractivity contribution in [2.75, 3.05) is 10.6 Å². The van der Waals surface area contributed by atoms with Crippen LogP contribution in [0, 0.1) is 5.92 Å². The number of benzene rings is 2. The van der Waals surface area contributed by atoms with Gasteiger partial charge in [-0.3, -0.25) is 9.78 Å². The highest BCUT2D eigenvalue weighted by atomic mass is 35.5. The molecule has 2 saturated carbocycles. The zero-order valence-electron chi connectivity index (χ0n) is 18.7. The van der Waals surface area contributed by atoms with Gasteiger partial charge < -0.3 is 10.6 Å². The third-order valence-electron chi connectivity index (χ3n) is 6.73. The van der Waals surface area contributed by atoms with Gasteiger partial charge in [0.1, 0.15) is 5.82 Å². The van der Waals surface area contributed by atoms with Crippen LogP contribution in [0.5, 0.6) is 0 Å². The van der Waals surface area contributed by atoms with Gasteiger partial charge in [0, 0.05) is 47.0 Å². The first kappa shape index (κ1) is 21.1. The molecule has 170 valence electrons. The number of fused-ring (bicyclic) bond motifs is 1. The fourth-order valence-corrected chi connectivity index (χ4v) is 4.77. The van der Waals surface area contributed by atoms with Gasteiger partial charge in [-0.2, -0.15) is 0 Å². The number of aromatic nitrogens is 2. The first-order valence-corrected chi connectivity index (χ1v) is 12.1. The average molecular weight is 469 g/mol. The van der Waals surface area contributed by atoms with E-state index in [9.17, 15) is 4.79 Å². The summed E-state index contributed by atoms with van der Waals surface area (Å²) in [6, 6.07) is 20.2. The summed E-state index contributed by atoms with van der Waals surface area (Å²) in [7, 11) is 0. The molecular formula is C28H25ClN4O. The number of carbonyl (C=O) groups excluding carboxylic acids is 1. The lowest BCUT2D eigenvalue weighted by atomic mass is 10.1. The van der Waals surface area contributed by atoms with Crippen LogP contribution in [0.4, 0.5) is 11.5 Å². The van der Waals surface area contributed by atoms with Crippen molar-refractivity contribution >= 4 is 39.9 Å². The molecule has 2 aromatic carbocycles. The van der Waals surface area contributed by atoms with Crippen LogP contribution in [0.25, 0.3) is 10.9 Å². The molecule has 2 aliphatic rings. The number of amides is 1. The monoisotopic (exact) mass is 468 g/mol. The molecule has 2 aliphatic carbocycles. The van der Waals surface area contributed by atoms with Crippen LogP contribution in [0.1, 0.15) is 47.8 Å². The molecule has 6 rings (SSSR count). The maximum atomic E-state index is 12.7. The van der Waals surface area contributed by atoms with Gasteiger partial charge in [-0.05, 0) is 84.2 Å². The van der Waals surface area contributed by atoms with Crippen molar-refractivity contribution in [1.29, 1.82) is 0 Å². The largest absolute Gasteiger partial charge is 0.381 e. The van der Waals surface area contributed by atoms with Crippen molar-refractivity contribution in [3.8, 4) is 0 Å². The molecule has 2 aromatic heterocycles. The third kappa shape index (κ3) is 4.62. The number of hydrogen-bond acceptors (Lipinski definition) is 4. The number of nitrogens with one attached hydrogen (secondary N) is 2. The molecule has 2 atom stereocenters. The van der Waals surface area contributed by atoms with E-state index in [0.717, 1.165) is 23.2 Å². The number of nitrogens with zero attached hydrogens (tertiary/aromatic N) is 2. The van der Waals surface area contributed by atoms with Gasteiger partial charge in [0.05, 0.1) is 5.52 Å². The van der Waals surface area contributed by atoms with Crippen LogP contribution in [-0.4, -0.2) is 15.9 Å². The Morgan fingerprint density at radius 2 is 1.91 bits per heavy atom. The molecule has 2 heterocycles. The van der Waals surface area contributed by atoms with E-state index in [2.05, 4.69) is 44.9 Å². The van der Waals surface area contributed by atoms with Crippen LogP contribution in [0.2, 0.25) is 5.02 Å². The Morgan fingerprint density at radius 3 is 2.76 bits per heavy atom. The highest BCUT2D eigenvalue weighted by Crippen LogP contribution is 2.48. The third-order valence-corrected chi connectivity index (χ3v) is 6.96. The SMILES string of the molecule is O=C(Nc1cc(NCc2ccc3ncc(C4CC4)cc3c2)ccn1)C1CC1c1cccc(Cl)c1. The van der Waals surface area contributed by atoms with Crippen molar-refractivity contribution < 1.29 is 4.79 Å². The zero-order valence-corrected chi connectivity index (χ0v) is 19.4. The van der Waals surface area contributed by atoms with E-state index >= 15 is 0 Å². The molecule has 2 unspecified atom stereocenters.